The number of alkyl halides is 3. The average molecular weight is 404 g/mol. The summed E-state index contributed by atoms with van der Waals surface area (Å²) in [5.74, 6) is -0.662. The topological polar surface area (TPSA) is 80.5 Å². The zero-order valence-corrected chi connectivity index (χ0v) is 15.8. The van der Waals surface area contributed by atoms with Crippen LogP contribution in [0.4, 0.5) is 24.7 Å². The number of nitrogens with zero attached hydrogens (tertiary/aromatic N) is 4. The van der Waals surface area contributed by atoms with Gasteiger partial charge in [0.1, 0.15) is 23.5 Å². The first-order valence-corrected chi connectivity index (χ1v) is 8.88. The van der Waals surface area contributed by atoms with Gasteiger partial charge in [0.05, 0.1) is 11.7 Å². The number of rotatable bonds is 3. The Bertz CT molecular complexity index is 971. The largest absolute Gasteiger partial charge is 0.417 e. The van der Waals surface area contributed by atoms with Gasteiger partial charge < -0.3 is 14.9 Å². The lowest BCUT2D eigenvalue weighted by Gasteiger charge is -2.29. The third kappa shape index (κ3) is 4.03. The van der Waals surface area contributed by atoms with Gasteiger partial charge in [0, 0.05) is 31.9 Å². The minimum atomic E-state index is -4.74. The van der Waals surface area contributed by atoms with E-state index >= 15 is 0 Å². The molecule has 9 heteroatoms. The molecule has 1 saturated heterocycles. The van der Waals surface area contributed by atoms with Crippen molar-refractivity contribution in [1.82, 2.24) is 4.98 Å². The van der Waals surface area contributed by atoms with Gasteiger partial charge in [-0.1, -0.05) is 12.1 Å². The Morgan fingerprint density at radius 3 is 2.72 bits per heavy atom. The summed E-state index contributed by atoms with van der Waals surface area (Å²) in [6, 6.07) is 8.55. The van der Waals surface area contributed by atoms with Crippen LogP contribution in [-0.4, -0.2) is 41.7 Å². The average Bonchev–Trinajstić information content (AvgIpc) is 3.06. The van der Waals surface area contributed by atoms with Crippen molar-refractivity contribution in [2.45, 2.75) is 31.7 Å². The number of pyridine rings is 1. The van der Waals surface area contributed by atoms with Crippen molar-refractivity contribution in [3.8, 4) is 6.07 Å². The molecule has 1 aromatic heterocycles. The first-order chi connectivity index (χ1) is 13.6. The Balaban J connectivity index is 2.00. The van der Waals surface area contributed by atoms with Gasteiger partial charge in [0.15, 0.2) is 0 Å². The molecular weight excluding hydrogens is 385 g/mol. The summed E-state index contributed by atoms with van der Waals surface area (Å²) in [5, 5.41) is 19.5. The van der Waals surface area contributed by atoms with E-state index in [0.717, 1.165) is 17.8 Å². The molecule has 1 amide bonds. The number of carbonyl (C=O) groups is 1. The van der Waals surface area contributed by atoms with Gasteiger partial charge in [-0.3, -0.25) is 4.79 Å². The van der Waals surface area contributed by atoms with Crippen molar-refractivity contribution in [1.29, 1.82) is 5.26 Å². The van der Waals surface area contributed by atoms with Gasteiger partial charge in [-0.05, 0) is 30.7 Å². The molecule has 29 heavy (non-hydrogen) atoms. The molecule has 0 bridgehead atoms. The lowest BCUT2D eigenvalue weighted by atomic mass is 10.1. The van der Waals surface area contributed by atoms with Crippen molar-refractivity contribution in [3.05, 3.63) is 53.2 Å². The number of hydrogen-bond donors (Lipinski definition) is 1. The van der Waals surface area contributed by atoms with E-state index in [1.54, 1.807) is 31.3 Å². The molecule has 0 unspecified atom stereocenters. The molecule has 1 aromatic carbocycles. The fourth-order valence-corrected chi connectivity index (χ4v) is 3.48. The van der Waals surface area contributed by atoms with Gasteiger partial charge in [0.2, 0.25) is 5.91 Å². The van der Waals surface area contributed by atoms with Crippen LogP contribution in [0.1, 0.15) is 23.1 Å². The molecule has 3 rings (SSSR count). The molecule has 2 heterocycles. The summed E-state index contributed by atoms with van der Waals surface area (Å²) in [4.78, 5) is 19.7. The van der Waals surface area contributed by atoms with E-state index in [0.29, 0.717) is 5.69 Å². The minimum absolute atomic E-state index is 0.0256. The number of aryl methyl sites for hydroxylation is 1. The number of halogens is 3. The molecule has 2 atom stereocenters. The predicted octanol–water partition coefficient (Wildman–Crippen LogP) is 2.88. The number of β-amino-alcohol motifs (C(OH)–C–C–N with tert-alkyl or cyclic N) is 1. The Morgan fingerprint density at radius 2 is 2.10 bits per heavy atom. The van der Waals surface area contributed by atoms with Crippen LogP contribution in [0.15, 0.2) is 36.5 Å². The summed E-state index contributed by atoms with van der Waals surface area (Å²) in [6.07, 6.45) is -4.69. The quantitative estimate of drug-likeness (QED) is 0.851. The molecular formula is C20H19F3N4O2. The fraction of sp³-hybridized carbons (Fsp3) is 0.350. The Labute approximate surface area is 165 Å². The summed E-state index contributed by atoms with van der Waals surface area (Å²) in [6.45, 7) is 1.78. The third-order valence-electron chi connectivity index (χ3n) is 4.90. The number of amides is 1. The molecule has 6 nitrogen and oxygen atoms in total. The smallest absolute Gasteiger partial charge is 0.391 e. The maximum absolute atomic E-state index is 13.3. The van der Waals surface area contributed by atoms with Gasteiger partial charge in [-0.15, -0.1) is 0 Å². The molecule has 2 aromatic rings. The number of aliphatic hydroxyl groups excluding tert-OH is 1. The maximum Gasteiger partial charge on any atom is 0.417 e. The number of nitriles is 1. The molecule has 1 fully saturated rings. The maximum atomic E-state index is 13.3. The van der Waals surface area contributed by atoms with E-state index in [-0.39, 0.29) is 18.8 Å². The summed E-state index contributed by atoms with van der Waals surface area (Å²) in [5.41, 5.74) is -0.222. The SMILES string of the molecule is Cc1cccc(N(C)C(=O)[C@@H]2C[C@H](O)CN2c2nccc(C(F)(F)F)c2C#N)c1. The number of aromatic nitrogens is 1. The summed E-state index contributed by atoms with van der Waals surface area (Å²) < 4.78 is 39.9. The number of benzene rings is 1. The van der Waals surface area contributed by atoms with E-state index < -0.39 is 35.4 Å². The van der Waals surface area contributed by atoms with Crippen LogP contribution in [0.25, 0.3) is 0 Å². The van der Waals surface area contributed by atoms with E-state index in [4.69, 9.17) is 0 Å². The second-order valence-corrected chi connectivity index (χ2v) is 6.96. The second-order valence-electron chi connectivity index (χ2n) is 6.96. The van der Waals surface area contributed by atoms with Crippen LogP contribution in [0.2, 0.25) is 0 Å². The number of hydrogen-bond acceptors (Lipinski definition) is 5. The lowest BCUT2D eigenvalue weighted by molar-refractivity contribution is -0.137. The summed E-state index contributed by atoms with van der Waals surface area (Å²) in [7, 11) is 1.56. The first-order valence-electron chi connectivity index (χ1n) is 8.88. The van der Waals surface area contributed by atoms with Crippen LogP contribution in [0.5, 0.6) is 0 Å². The Hall–Kier alpha value is -3.12. The van der Waals surface area contributed by atoms with Crippen LogP contribution in [0.3, 0.4) is 0 Å². The minimum Gasteiger partial charge on any atom is -0.391 e. The van der Waals surface area contributed by atoms with Crippen LogP contribution in [-0.2, 0) is 11.0 Å². The number of anilines is 2. The lowest BCUT2D eigenvalue weighted by Crippen LogP contribution is -2.45. The van der Waals surface area contributed by atoms with Crippen molar-refractivity contribution < 1.29 is 23.1 Å². The van der Waals surface area contributed by atoms with E-state index in [1.807, 2.05) is 13.0 Å². The fourth-order valence-electron chi connectivity index (χ4n) is 3.48. The highest BCUT2D eigenvalue weighted by molar-refractivity contribution is 5.99. The van der Waals surface area contributed by atoms with Gasteiger partial charge in [-0.25, -0.2) is 4.98 Å². The van der Waals surface area contributed by atoms with E-state index in [9.17, 15) is 28.3 Å². The summed E-state index contributed by atoms with van der Waals surface area (Å²) >= 11 is 0. The molecule has 0 aliphatic carbocycles. The molecule has 0 saturated carbocycles. The van der Waals surface area contributed by atoms with Crippen molar-refractivity contribution in [3.63, 3.8) is 0 Å². The van der Waals surface area contributed by atoms with Crippen LogP contribution in [0, 0.1) is 18.3 Å². The number of carbonyl (C=O) groups excluding carboxylic acids is 1. The molecule has 1 aliphatic heterocycles. The van der Waals surface area contributed by atoms with E-state index in [2.05, 4.69) is 4.98 Å². The van der Waals surface area contributed by atoms with Crippen molar-refractivity contribution in [2.24, 2.45) is 0 Å². The highest BCUT2D eigenvalue weighted by Gasteiger charge is 2.42. The predicted molar refractivity (Wildman–Crippen MR) is 100 cm³/mol. The zero-order chi connectivity index (χ0) is 21.3. The van der Waals surface area contributed by atoms with Crippen LogP contribution >= 0.6 is 0 Å². The van der Waals surface area contributed by atoms with Crippen molar-refractivity contribution >= 4 is 17.4 Å². The monoisotopic (exact) mass is 404 g/mol. The van der Waals surface area contributed by atoms with Crippen molar-refractivity contribution in [2.75, 3.05) is 23.4 Å². The number of aliphatic hydroxyl groups is 1. The Kier molecular flexibility index (Phi) is 5.48. The molecule has 0 spiro atoms. The number of likely N-dealkylation sites (N-methyl/N-ethyl adjacent to an activating group) is 1. The van der Waals surface area contributed by atoms with E-state index in [1.165, 1.54) is 9.80 Å². The standard InChI is InChI=1S/C20H19F3N4O2/c1-12-4-3-5-13(8-12)26(2)19(29)17-9-14(28)11-27(17)18-15(10-24)16(6-7-25-18)20(21,22)23/h3-8,14,17,28H,9,11H2,1-2H3/t14-,17-/m0/s1. The molecule has 1 N–H and O–H groups in total. The third-order valence-corrected chi connectivity index (χ3v) is 4.90. The van der Waals surface area contributed by atoms with Crippen LogP contribution < -0.4 is 9.80 Å². The zero-order valence-electron chi connectivity index (χ0n) is 15.8. The molecule has 1 aliphatic rings. The van der Waals surface area contributed by atoms with Gasteiger partial charge >= 0.3 is 6.18 Å². The Morgan fingerprint density at radius 1 is 1.38 bits per heavy atom. The van der Waals surface area contributed by atoms with Gasteiger partial charge in [0.25, 0.3) is 0 Å². The second kappa shape index (κ2) is 7.72. The first kappa shape index (κ1) is 20.6. The highest BCUT2D eigenvalue weighted by atomic mass is 19.4. The van der Waals surface area contributed by atoms with Gasteiger partial charge in [-0.2, -0.15) is 18.4 Å². The molecule has 0 radical (unpaired) electrons. The molecule has 152 valence electrons. The normalized spacial score (nSPS) is 19.1. The highest BCUT2D eigenvalue weighted by Crippen LogP contribution is 2.37.